The summed E-state index contributed by atoms with van der Waals surface area (Å²) in [4.78, 5) is 23.2. The van der Waals surface area contributed by atoms with Crippen molar-refractivity contribution in [2.24, 2.45) is 0 Å². The third kappa shape index (κ3) is 6.04. The fraction of sp³-hybridized carbons (Fsp3) is 0.348. The molecule has 1 amide bonds. The van der Waals surface area contributed by atoms with Crippen molar-refractivity contribution in [3.63, 3.8) is 0 Å². The molecule has 0 radical (unpaired) electrons. The summed E-state index contributed by atoms with van der Waals surface area (Å²) in [6.45, 7) is 7.63. The molecule has 1 heterocycles. The van der Waals surface area contributed by atoms with E-state index in [4.69, 9.17) is 9.47 Å². The smallest absolute Gasteiger partial charge is 0.271 e. The molecule has 1 N–H and O–H groups in total. The number of thioether (sulfide) groups is 1. The molecule has 1 aromatic heterocycles. The number of hydrogen-bond acceptors (Lipinski definition) is 8. The number of non-ortho nitro benzene ring substituents is 1. The van der Waals surface area contributed by atoms with E-state index in [1.54, 1.807) is 26.2 Å². The molecule has 0 aliphatic rings. The van der Waals surface area contributed by atoms with E-state index in [-0.39, 0.29) is 17.6 Å². The van der Waals surface area contributed by atoms with Crippen LogP contribution in [-0.2, 0) is 4.79 Å². The van der Waals surface area contributed by atoms with E-state index >= 15 is 0 Å². The summed E-state index contributed by atoms with van der Waals surface area (Å²) in [7, 11) is 1.60. The second-order valence-corrected chi connectivity index (χ2v) is 9.11. The minimum Gasteiger partial charge on any atom is -0.497 e. The highest BCUT2D eigenvalue weighted by Gasteiger charge is 2.25. The summed E-state index contributed by atoms with van der Waals surface area (Å²) in [5.74, 6) is 1.66. The van der Waals surface area contributed by atoms with Crippen LogP contribution >= 0.6 is 11.8 Å². The Labute approximate surface area is 201 Å². The van der Waals surface area contributed by atoms with Crippen LogP contribution in [0.25, 0.3) is 0 Å². The molecule has 10 nitrogen and oxygen atoms in total. The number of nitro groups is 1. The Balaban J connectivity index is 1.73. The average Bonchev–Trinajstić information content (AvgIpc) is 3.23. The van der Waals surface area contributed by atoms with Crippen LogP contribution in [-0.4, -0.2) is 38.0 Å². The predicted octanol–water partition coefficient (Wildman–Crippen LogP) is 5.04. The topological polar surface area (TPSA) is 121 Å². The number of anilines is 1. The Morgan fingerprint density at radius 1 is 1.09 bits per heavy atom. The number of ether oxygens (including phenoxy) is 2. The van der Waals surface area contributed by atoms with E-state index in [9.17, 15) is 14.9 Å². The van der Waals surface area contributed by atoms with Gasteiger partial charge >= 0.3 is 0 Å². The number of carbonyl (C=O) groups excluding carboxylic acids is 1. The summed E-state index contributed by atoms with van der Waals surface area (Å²) < 4.78 is 13.2. The van der Waals surface area contributed by atoms with Crippen molar-refractivity contribution >= 4 is 29.0 Å². The van der Waals surface area contributed by atoms with Gasteiger partial charge in [-0.05, 0) is 45.9 Å². The Bertz CT molecular complexity index is 1170. The van der Waals surface area contributed by atoms with Gasteiger partial charge in [0, 0.05) is 29.9 Å². The van der Waals surface area contributed by atoms with Crippen molar-refractivity contribution in [2.45, 2.75) is 50.2 Å². The molecule has 3 rings (SSSR count). The number of nitrogens with zero attached hydrogens (tertiary/aromatic N) is 4. The summed E-state index contributed by atoms with van der Waals surface area (Å²) in [5, 5.41) is 22.4. The zero-order valence-electron chi connectivity index (χ0n) is 19.6. The molecule has 0 spiro atoms. The minimum atomic E-state index is -0.525. The first-order valence-corrected chi connectivity index (χ1v) is 11.5. The summed E-state index contributed by atoms with van der Waals surface area (Å²) in [6.07, 6.45) is -0.398. The Hall–Kier alpha value is -3.60. The molecule has 3 aromatic rings. The molecule has 0 saturated carbocycles. The fourth-order valence-corrected chi connectivity index (χ4v) is 4.20. The van der Waals surface area contributed by atoms with Crippen molar-refractivity contribution in [3.05, 3.63) is 64.5 Å². The van der Waals surface area contributed by atoms with Gasteiger partial charge in [0.1, 0.15) is 11.5 Å². The van der Waals surface area contributed by atoms with Gasteiger partial charge in [0.25, 0.3) is 5.69 Å². The second-order valence-electron chi connectivity index (χ2n) is 7.80. The lowest BCUT2D eigenvalue weighted by Gasteiger charge is -2.20. The SMILES string of the molecule is COc1cccc(OC(C)c2nnc(SC(C)C(=O)Nc3cccc([N+](=O)[O-])c3)n2C(C)C)c1. The van der Waals surface area contributed by atoms with Crippen LogP contribution in [0.4, 0.5) is 11.4 Å². The number of rotatable bonds is 10. The first-order valence-electron chi connectivity index (χ1n) is 10.7. The highest BCUT2D eigenvalue weighted by atomic mass is 32.2. The first kappa shape index (κ1) is 25.0. The van der Waals surface area contributed by atoms with E-state index in [2.05, 4.69) is 15.5 Å². The molecule has 34 heavy (non-hydrogen) atoms. The van der Waals surface area contributed by atoms with Gasteiger partial charge in [0.05, 0.1) is 17.3 Å². The Kier molecular flexibility index (Phi) is 8.11. The molecular weight excluding hydrogens is 458 g/mol. The van der Waals surface area contributed by atoms with Gasteiger partial charge in [0.15, 0.2) is 17.1 Å². The monoisotopic (exact) mass is 485 g/mol. The summed E-state index contributed by atoms with van der Waals surface area (Å²) in [5.41, 5.74) is 0.269. The highest BCUT2D eigenvalue weighted by Crippen LogP contribution is 2.31. The van der Waals surface area contributed by atoms with Gasteiger partial charge in [-0.2, -0.15) is 0 Å². The maximum Gasteiger partial charge on any atom is 0.271 e. The summed E-state index contributed by atoms with van der Waals surface area (Å²) in [6, 6.07) is 13.2. The van der Waals surface area contributed by atoms with Crippen molar-refractivity contribution in [1.82, 2.24) is 14.8 Å². The number of nitrogens with one attached hydrogen (secondary N) is 1. The van der Waals surface area contributed by atoms with Crippen LogP contribution in [0.15, 0.2) is 53.7 Å². The zero-order valence-corrected chi connectivity index (χ0v) is 20.4. The van der Waals surface area contributed by atoms with Crippen LogP contribution in [0.1, 0.15) is 45.7 Å². The lowest BCUT2D eigenvalue weighted by Crippen LogP contribution is -2.23. The second kappa shape index (κ2) is 11.0. The molecule has 0 saturated heterocycles. The van der Waals surface area contributed by atoms with Gasteiger partial charge < -0.3 is 19.4 Å². The highest BCUT2D eigenvalue weighted by molar-refractivity contribution is 8.00. The maximum absolute atomic E-state index is 12.7. The molecule has 0 aliphatic carbocycles. The maximum atomic E-state index is 12.7. The largest absolute Gasteiger partial charge is 0.497 e. The van der Waals surface area contributed by atoms with Crippen LogP contribution < -0.4 is 14.8 Å². The van der Waals surface area contributed by atoms with Crippen LogP contribution in [0, 0.1) is 10.1 Å². The molecule has 0 bridgehead atoms. The van der Waals surface area contributed by atoms with Gasteiger partial charge in [-0.15, -0.1) is 10.2 Å². The van der Waals surface area contributed by atoms with Crippen LogP contribution in [0.5, 0.6) is 11.5 Å². The quantitative estimate of drug-likeness (QED) is 0.241. The number of carbonyl (C=O) groups is 1. The molecule has 0 fully saturated rings. The van der Waals surface area contributed by atoms with E-state index in [0.29, 0.717) is 28.2 Å². The first-order chi connectivity index (χ1) is 16.2. The molecule has 0 aliphatic heterocycles. The van der Waals surface area contributed by atoms with Crippen molar-refractivity contribution in [3.8, 4) is 11.5 Å². The fourth-order valence-electron chi connectivity index (χ4n) is 3.22. The molecule has 2 unspecified atom stereocenters. The third-order valence-corrected chi connectivity index (χ3v) is 5.96. The Morgan fingerprint density at radius 2 is 1.79 bits per heavy atom. The molecule has 11 heteroatoms. The van der Waals surface area contributed by atoms with Crippen LogP contribution in [0.3, 0.4) is 0 Å². The third-order valence-electron chi connectivity index (χ3n) is 4.90. The lowest BCUT2D eigenvalue weighted by atomic mass is 10.2. The number of hydrogen-bond donors (Lipinski definition) is 1. The number of nitro benzene ring substituents is 1. The van der Waals surface area contributed by atoms with E-state index < -0.39 is 16.3 Å². The normalized spacial score (nSPS) is 12.8. The van der Waals surface area contributed by atoms with Gasteiger partial charge in [0.2, 0.25) is 5.91 Å². The number of aromatic nitrogens is 3. The van der Waals surface area contributed by atoms with Gasteiger partial charge in [-0.1, -0.05) is 23.9 Å². The molecule has 180 valence electrons. The molecular formula is C23H27N5O5S. The minimum absolute atomic E-state index is 0.0240. The number of methoxy groups -OCH3 is 1. The lowest BCUT2D eigenvalue weighted by molar-refractivity contribution is -0.384. The average molecular weight is 486 g/mol. The van der Waals surface area contributed by atoms with Crippen molar-refractivity contribution in [2.75, 3.05) is 12.4 Å². The van der Waals surface area contributed by atoms with Crippen molar-refractivity contribution in [1.29, 1.82) is 0 Å². The molecule has 2 atom stereocenters. The number of amides is 1. The Morgan fingerprint density at radius 3 is 2.47 bits per heavy atom. The van der Waals surface area contributed by atoms with Crippen LogP contribution in [0.2, 0.25) is 0 Å². The molecule has 2 aromatic carbocycles. The van der Waals surface area contributed by atoms with E-state index in [1.807, 2.05) is 43.5 Å². The summed E-state index contributed by atoms with van der Waals surface area (Å²) >= 11 is 1.25. The van der Waals surface area contributed by atoms with Gasteiger partial charge in [-0.25, -0.2) is 0 Å². The predicted molar refractivity (Wildman–Crippen MR) is 129 cm³/mol. The van der Waals surface area contributed by atoms with E-state index in [0.717, 1.165) is 0 Å². The van der Waals surface area contributed by atoms with Gasteiger partial charge in [-0.3, -0.25) is 14.9 Å². The number of benzene rings is 2. The standard InChI is InChI=1S/C23H27N5O5S/c1-14(2)27-21(15(3)33-20-11-7-10-19(13-20)32-5)25-26-23(27)34-16(4)22(29)24-17-8-6-9-18(12-17)28(30)31/h6-16H,1-5H3,(H,24,29). The van der Waals surface area contributed by atoms with Crippen molar-refractivity contribution < 1.29 is 19.2 Å². The zero-order chi connectivity index (χ0) is 24.8. The van der Waals surface area contributed by atoms with E-state index in [1.165, 1.54) is 30.0 Å².